The monoisotopic (exact) mass is 362 g/mol. The highest BCUT2D eigenvalue weighted by Crippen LogP contribution is 2.18. The third-order valence-electron chi connectivity index (χ3n) is 3.75. The van der Waals surface area contributed by atoms with Crippen molar-refractivity contribution in [1.29, 1.82) is 0 Å². The molecule has 0 radical (unpaired) electrons. The molecular weight excluding hydrogens is 332 g/mol. The van der Waals surface area contributed by atoms with Crippen molar-refractivity contribution in [2.45, 2.75) is 20.4 Å². The zero-order valence-electron chi connectivity index (χ0n) is 16.8. The van der Waals surface area contributed by atoms with Crippen molar-refractivity contribution in [2.75, 3.05) is 20.6 Å². The fraction of sp³-hybridized carbons (Fsp3) is 0.261. The molecule has 0 aliphatic carbocycles. The van der Waals surface area contributed by atoms with Crippen LogP contribution in [-0.2, 0) is 6.54 Å². The molecule has 4 heteroatoms. The predicted octanol–water partition coefficient (Wildman–Crippen LogP) is 3.62. The molecule has 0 fully saturated rings. The molecule has 0 aromatic heterocycles. The molecule has 0 aliphatic heterocycles. The number of benzene rings is 1. The van der Waals surface area contributed by atoms with Crippen molar-refractivity contribution in [3.63, 3.8) is 0 Å². The van der Waals surface area contributed by atoms with Gasteiger partial charge in [0, 0.05) is 38.2 Å². The van der Waals surface area contributed by atoms with Gasteiger partial charge < -0.3 is 16.0 Å². The smallest absolute Gasteiger partial charge is 0.112 e. The highest BCUT2D eigenvalue weighted by atomic mass is 14.9. The van der Waals surface area contributed by atoms with Gasteiger partial charge in [0.15, 0.2) is 0 Å². The van der Waals surface area contributed by atoms with Crippen LogP contribution < -0.4 is 16.0 Å². The molecule has 0 atom stereocenters. The minimum atomic E-state index is 0.519. The van der Waals surface area contributed by atoms with Crippen LogP contribution in [0.25, 0.3) is 5.57 Å². The zero-order chi connectivity index (χ0) is 20.1. The number of hydrogen-bond acceptors (Lipinski definition) is 4. The Morgan fingerprint density at radius 2 is 1.93 bits per heavy atom. The van der Waals surface area contributed by atoms with Crippen molar-refractivity contribution in [3.05, 3.63) is 77.8 Å². The van der Waals surface area contributed by atoms with Gasteiger partial charge in [0.05, 0.1) is 0 Å². The topological polar surface area (TPSA) is 48.5 Å². The average Bonchev–Trinajstić information content (AvgIpc) is 2.67. The molecule has 0 amide bonds. The van der Waals surface area contributed by atoms with Crippen molar-refractivity contribution < 1.29 is 0 Å². The first-order chi connectivity index (χ1) is 13.0. The van der Waals surface area contributed by atoms with E-state index in [0.717, 1.165) is 24.4 Å². The molecule has 27 heavy (non-hydrogen) atoms. The van der Waals surface area contributed by atoms with Gasteiger partial charge in [-0.3, -0.25) is 0 Å². The lowest BCUT2D eigenvalue weighted by molar-refractivity contribution is 0.808. The lowest BCUT2D eigenvalue weighted by atomic mass is 10.0. The minimum absolute atomic E-state index is 0.519. The molecule has 1 rings (SSSR count). The Labute approximate surface area is 163 Å². The first-order valence-corrected chi connectivity index (χ1v) is 8.90. The summed E-state index contributed by atoms with van der Waals surface area (Å²) in [5.41, 5.74) is 6.25. The number of aliphatic imine (C=N–C) groups is 1. The van der Waals surface area contributed by atoms with E-state index in [4.69, 9.17) is 6.42 Å². The van der Waals surface area contributed by atoms with Gasteiger partial charge in [-0.15, -0.1) is 6.42 Å². The Kier molecular flexibility index (Phi) is 10.1. The van der Waals surface area contributed by atoms with E-state index in [-0.39, 0.29) is 0 Å². The molecule has 1 aromatic rings. The maximum absolute atomic E-state index is 5.32. The second-order valence-corrected chi connectivity index (χ2v) is 6.13. The predicted molar refractivity (Wildman–Crippen MR) is 118 cm³/mol. The first kappa shape index (κ1) is 22.0. The molecule has 0 bridgehead atoms. The summed E-state index contributed by atoms with van der Waals surface area (Å²) in [6.07, 6.45) is 12.8. The molecule has 0 spiro atoms. The van der Waals surface area contributed by atoms with Crippen LogP contribution in [0.3, 0.4) is 0 Å². The van der Waals surface area contributed by atoms with Crippen LogP contribution in [0.5, 0.6) is 0 Å². The quantitative estimate of drug-likeness (QED) is 0.338. The molecule has 3 N–H and O–H groups in total. The molecule has 0 saturated heterocycles. The Hall–Kier alpha value is -3.03. The molecule has 4 nitrogen and oxygen atoms in total. The first-order valence-electron chi connectivity index (χ1n) is 8.90. The summed E-state index contributed by atoms with van der Waals surface area (Å²) in [6, 6.07) is 8.52. The van der Waals surface area contributed by atoms with E-state index in [2.05, 4.69) is 70.7 Å². The average molecular weight is 363 g/mol. The maximum Gasteiger partial charge on any atom is 0.112 e. The van der Waals surface area contributed by atoms with E-state index in [9.17, 15) is 0 Å². The summed E-state index contributed by atoms with van der Waals surface area (Å²) in [5, 5.41) is 9.62. The van der Waals surface area contributed by atoms with Gasteiger partial charge in [0.2, 0.25) is 0 Å². The van der Waals surface area contributed by atoms with Crippen molar-refractivity contribution in [3.8, 4) is 12.3 Å². The number of nitrogens with one attached hydrogen (secondary N) is 3. The number of allylic oxidation sites excluding steroid dienone is 4. The SMILES string of the molecule is C#CC(C=C)=N/C=C(\C)NCc1ccc(C(/C=C(/C)CNC)=C/NC)cc1. The van der Waals surface area contributed by atoms with Crippen LogP contribution in [0.1, 0.15) is 25.0 Å². The van der Waals surface area contributed by atoms with Crippen LogP contribution in [0.2, 0.25) is 0 Å². The minimum Gasteiger partial charge on any atom is -0.393 e. The van der Waals surface area contributed by atoms with Crippen molar-refractivity contribution in [1.82, 2.24) is 16.0 Å². The largest absolute Gasteiger partial charge is 0.393 e. The summed E-state index contributed by atoms with van der Waals surface area (Å²) in [5.74, 6) is 2.47. The second kappa shape index (κ2) is 12.3. The fourth-order valence-corrected chi connectivity index (χ4v) is 2.38. The lowest BCUT2D eigenvalue weighted by Gasteiger charge is -2.09. The Bertz CT molecular complexity index is 772. The molecule has 1 aromatic carbocycles. The van der Waals surface area contributed by atoms with Crippen LogP contribution in [0.15, 0.2) is 71.7 Å². The van der Waals surface area contributed by atoms with Crippen molar-refractivity contribution >= 4 is 11.3 Å². The van der Waals surface area contributed by atoms with E-state index in [1.807, 2.05) is 27.2 Å². The van der Waals surface area contributed by atoms with Crippen LogP contribution in [0.4, 0.5) is 0 Å². The summed E-state index contributed by atoms with van der Waals surface area (Å²) in [4.78, 5) is 4.19. The van der Waals surface area contributed by atoms with Gasteiger partial charge in [0.25, 0.3) is 0 Å². The van der Waals surface area contributed by atoms with Crippen LogP contribution in [0, 0.1) is 12.3 Å². The summed E-state index contributed by atoms with van der Waals surface area (Å²) in [6.45, 7) is 9.29. The van der Waals surface area contributed by atoms with E-state index >= 15 is 0 Å². The van der Waals surface area contributed by atoms with Gasteiger partial charge in [-0.25, -0.2) is 4.99 Å². The maximum atomic E-state index is 5.32. The highest BCUT2D eigenvalue weighted by molar-refractivity contribution is 6.08. The normalized spacial score (nSPS) is 13.1. The molecule has 0 unspecified atom stereocenters. The van der Waals surface area contributed by atoms with Gasteiger partial charge >= 0.3 is 0 Å². The van der Waals surface area contributed by atoms with E-state index in [1.54, 1.807) is 12.3 Å². The summed E-state index contributed by atoms with van der Waals surface area (Å²) in [7, 11) is 3.86. The molecule has 142 valence electrons. The lowest BCUT2D eigenvalue weighted by Crippen LogP contribution is -2.10. The fourth-order valence-electron chi connectivity index (χ4n) is 2.38. The molecule has 0 saturated carbocycles. The van der Waals surface area contributed by atoms with E-state index in [0.29, 0.717) is 5.71 Å². The number of rotatable bonds is 10. The molecule has 0 heterocycles. The number of hydrogen-bond donors (Lipinski definition) is 3. The van der Waals surface area contributed by atoms with E-state index < -0.39 is 0 Å². The van der Waals surface area contributed by atoms with E-state index in [1.165, 1.54) is 16.7 Å². The Morgan fingerprint density at radius 1 is 1.22 bits per heavy atom. The van der Waals surface area contributed by atoms with Crippen LogP contribution in [-0.4, -0.2) is 26.4 Å². The number of nitrogens with zero attached hydrogens (tertiary/aromatic N) is 1. The Morgan fingerprint density at radius 3 is 2.48 bits per heavy atom. The van der Waals surface area contributed by atoms with Gasteiger partial charge in [0.1, 0.15) is 5.71 Å². The molecule has 0 aliphatic rings. The standard InChI is InChI=1S/C23H30N4/c1-7-23(8-2)27-15-19(4)26-16-20-9-11-21(12-10-20)22(17-25-6)13-18(3)14-24-5/h1,8-13,15,17,24-26H,2,14,16H2,3-6H3/b18-13-,19-15+,22-17+,27-23?. The number of terminal acetylenes is 1. The van der Waals surface area contributed by atoms with Crippen molar-refractivity contribution in [2.24, 2.45) is 4.99 Å². The third kappa shape index (κ3) is 8.26. The summed E-state index contributed by atoms with van der Waals surface area (Å²) < 4.78 is 0. The van der Waals surface area contributed by atoms with Gasteiger partial charge in [-0.2, -0.15) is 0 Å². The van der Waals surface area contributed by atoms with Gasteiger partial charge in [-0.1, -0.05) is 48.4 Å². The molecular formula is C23H30N4. The second-order valence-electron chi connectivity index (χ2n) is 6.13. The number of likely N-dealkylation sites (N-methyl/N-ethyl adjacent to an activating group) is 1. The van der Waals surface area contributed by atoms with Crippen LogP contribution >= 0.6 is 0 Å². The summed E-state index contributed by atoms with van der Waals surface area (Å²) >= 11 is 0. The van der Waals surface area contributed by atoms with Gasteiger partial charge in [-0.05, 0) is 43.7 Å². The highest BCUT2D eigenvalue weighted by Gasteiger charge is 2.01. The Balaban J connectivity index is 2.81. The third-order valence-corrected chi connectivity index (χ3v) is 3.75. The zero-order valence-corrected chi connectivity index (χ0v) is 16.8.